The summed E-state index contributed by atoms with van der Waals surface area (Å²) in [5, 5.41) is 3.27. The van der Waals surface area contributed by atoms with Gasteiger partial charge in [-0.25, -0.2) is 0 Å². The molecule has 1 aromatic rings. The van der Waals surface area contributed by atoms with Gasteiger partial charge in [0.1, 0.15) is 0 Å². The van der Waals surface area contributed by atoms with E-state index in [9.17, 15) is 4.79 Å². The van der Waals surface area contributed by atoms with E-state index in [0.29, 0.717) is 0 Å². The maximum Gasteiger partial charge on any atom is 0.237 e. The van der Waals surface area contributed by atoms with Crippen LogP contribution in [-0.4, -0.2) is 23.2 Å². The minimum absolute atomic E-state index is 0.239. The Kier molecular flexibility index (Phi) is 7.06. The number of primary amides is 1. The van der Waals surface area contributed by atoms with Crippen LogP contribution in [0.15, 0.2) is 33.6 Å². The molecule has 0 saturated carbocycles. The van der Waals surface area contributed by atoms with Gasteiger partial charge >= 0.3 is 0 Å². The van der Waals surface area contributed by atoms with Crippen LogP contribution in [0, 0.1) is 0 Å². The molecule has 0 aromatic heterocycles. The standard InChI is InChI=1S/C15H23BrN2OS/c1-11(2)18-15(3,14(17)19)9-6-10-20-13-8-5-4-7-12(13)16/h4-5,7-8,11,18H,6,9-10H2,1-3H3,(H2,17,19). The van der Waals surface area contributed by atoms with E-state index in [-0.39, 0.29) is 11.9 Å². The molecule has 0 spiro atoms. The molecular formula is C15H23BrN2OS. The van der Waals surface area contributed by atoms with Crippen molar-refractivity contribution in [2.24, 2.45) is 5.73 Å². The van der Waals surface area contributed by atoms with Crippen molar-refractivity contribution in [1.29, 1.82) is 0 Å². The molecule has 1 aromatic carbocycles. The third-order valence-electron chi connectivity index (χ3n) is 3.07. The van der Waals surface area contributed by atoms with Crippen LogP contribution in [-0.2, 0) is 4.79 Å². The highest BCUT2D eigenvalue weighted by molar-refractivity contribution is 9.10. The molecule has 0 fully saturated rings. The highest BCUT2D eigenvalue weighted by Gasteiger charge is 2.30. The number of benzene rings is 1. The molecular weight excluding hydrogens is 336 g/mol. The van der Waals surface area contributed by atoms with Crippen LogP contribution in [0.1, 0.15) is 33.6 Å². The average molecular weight is 359 g/mol. The topological polar surface area (TPSA) is 55.1 Å². The van der Waals surface area contributed by atoms with Gasteiger partial charge in [-0.15, -0.1) is 11.8 Å². The van der Waals surface area contributed by atoms with Gasteiger partial charge in [0.25, 0.3) is 0 Å². The highest BCUT2D eigenvalue weighted by Crippen LogP contribution is 2.28. The average Bonchev–Trinajstić information content (AvgIpc) is 2.35. The third-order valence-corrected chi connectivity index (χ3v) is 5.18. The van der Waals surface area contributed by atoms with Gasteiger partial charge < -0.3 is 11.1 Å². The molecule has 20 heavy (non-hydrogen) atoms. The third kappa shape index (κ3) is 5.46. The monoisotopic (exact) mass is 358 g/mol. The van der Waals surface area contributed by atoms with Crippen LogP contribution in [0.4, 0.5) is 0 Å². The summed E-state index contributed by atoms with van der Waals surface area (Å²) in [6.07, 6.45) is 1.68. The second kappa shape index (κ2) is 8.05. The van der Waals surface area contributed by atoms with Gasteiger partial charge in [0.2, 0.25) is 5.91 Å². The second-order valence-corrected chi connectivity index (χ2v) is 7.37. The van der Waals surface area contributed by atoms with Crippen LogP contribution in [0.25, 0.3) is 0 Å². The van der Waals surface area contributed by atoms with Crippen molar-refractivity contribution in [2.75, 3.05) is 5.75 Å². The van der Waals surface area contributed by atoms with Gasteiger partial charge in [-0.3, -0.25) is 4.79 Å². The Morgan fingerprint density at radius 2 is 2.10 bits per heavy atom. The summed E-state index contributed by atoms with van der Waals surface area (Å²) >= 11 is 5.33. The maximum atomic E-state index is 11.6. The number of carbonyl (C=O) groups excluding carboxylic acids is 1. The molecule has 0 aliphatic rings. The van der Waals surface area contributed by atoms with E-state index in [1.807, 2.05) is 39.0 Å². The van der Waals surface area contributed by atoms with Crippen molar-refractivity contribution < 1.29 is 4.79 Å². The fraction of sp³-hybridized carbons (Fsp3) is 0.533. The lowest BCUT2D eigenvalue weighted by molar-refractivity contribution is -0.124. The van der Waals surface area contributed by atoms with Crippen LogP contribution in [0.5, 0.6) is 0 Å². The van der Waals surface area contributed by atoms with Crippen LogP contribution < -0.4 is 11.1 Å². The Hall–Kier alpha value is -0.520. The zero-order valence-electron chi connectivity index (χ0n) is 12.3. The lowest BCUT2D eigenvalue weighted by Gasteiger charge is -2.29. The Morgan fingerprint density at radius 3 is 2.65 bits per heavy atom. The molecule has 0 saturated heterocycles. The molecule has 1 rings (SSSR count). The van der Waals surface area contributed by atoms with Gasteiger partial charge in [-0.2, -0.15) is 0 Å². The van der Waals surface area contributed by atoms with E-state index < -0.39 is 5.54 Å². The van der Waals surface area contributed by atoms with Crippen molar-refractivity contribution in [3.8, 4) is 0 Å². The predicted octanol–water partition coefficient (Wildman–Crippen LogP) is 3.56. The number of hydrogen-bond acceptors (Lipinski definition) is 3. The molecule has 112 valence electrons. The Balaban J connectivity index is 2.46. The molecule has 3 nitrogen and oxygen atoms in total. The highest BCUT2D eigenvalue weighted by atomic mass is 79.9. The molecule has 0 aliphatic carbocycles. The molecule has 3 N–H and O–H groups in total. The van der Waals surface area contributed by atoms with Gasteiger partial charge in [-0.1, -0.05) is 12.1 Å². The Morgan fingerprint density at radius 1 is 1.45 bits per heavy atom. The maximum absolute atomic E-state index is 11.6. The summed E-state index contributed by atoms with van der Waals surface area (Å²) in [4.78, 5) is 12.8. The first-order valence-corrected chi connectivity index (χ1v) is 8.58. The number of nitrogens with one attached hydrogen (secondary N) is 1. The Bertz CT molecular complexity index is 453. The lowest BCUT2D eigenvalue weighted by atomic mass is 9.94. The quantitative estimate of drug-likeness (QED) is 0.551. The number of nitrogens with two attached hydrogens (primary N) is 1. The summed E-state index contributed by atoms with van der Waals surface area (Å²) in [5.74, 6) is 0.683. The van der Waals surface area contributed by atoms with Crippen molar-refractivity contribution in [3.63, 3.8) is 0 Å². The molecule has 0 bridgehead atoms. The predicted molar refractivity (Wildman–Crippen MR) is 90.0 cm³/mol. The largest absolute Gasteiger partial charge is 0.368 e. The van der Waals surface area contributed by atoms with Crippen molar-refractivity contribution in [3.05, 3.63) is 28.7 Å². The van der Waals surface area contributed by atoms with Gasteiger partial charge in [0, 0.05) is 15.4 Å². The molecule has 1 atom stereocenters. The van der Waals surface area contributed by atoms with E-state index in [2.05, 4.69) is 27.3 Å². The van der Waals surface area contributed by atoms with Crippen molar-refractivity contribution in [1.82, 2.24) is 5.32 Å². The van der Waals surface area contributed by atoms with Crippen LogP contribution >= 0.6 is 27.7 Å². The lowest BCUT2D eigenvalue weighted by Crippen LogP contribution is -2.55. The SMILES string of the molecule is CC(C)NC(C)(CCCSc1ccccc1Br)C(N)=O. The molecule has 1 unspecified atom stereocenters. The van der Waals surface area contributed by atoms with Crippen LogP contribution in [0.3, 0.4) is 0 Å². The van der Waals surface area contributed by atoms with Gasteiger partial charge in [-0.05, 0) is 67.4 Å². The number of halogens is 1. The van der Waals surface area contributed by atoms with E-state index in [4.69, 9.17) is 5.73 Å². The first kappa shape index (κ1) is 17.5. The first-order chi connectivity index (χ1) is 9.35. The van der Waals surface area contributed by atoms with E-state index >= 15 is 0 Å². The number of hydrogen-bond donors (Lipinski definition) is 2. The van der Waals surface area contributed by atoms with Crippen molar-refractivity contribution >= 4 is 33.6 Å². The molecule has 1 amide bonds. The van der Waals surface area contributed by atoms with Crippen LogP contribution in [0.2, 0.25) is 0 Å². The second-order valence-electron chi connectivity index (χ2n) is 5.38. The molecule has 0 radical (unpaired) electrons. The molecule has 0 aliphatic heterocycles. The molecule has 0 heterocycles. The van der Waals surface area contributed by atoms with Gasteiger partial charge in [0.15, 0.2) is 0 Å². The van der Waals surface area contributed by atoms with E-state index in [1.54, 1.807) is 11.8 Å². The summed E-state index contributed by atoms with van der Waals surface area (Å²) in [7, 11) is 0. The minimum Gasteiger partial charge on any atom is -0.368 e. The fourth-order valence-electron chi connectivity index (χ4n) is 2.07. The first-order valence-electron chi connectivity index (χ1n) is 6.80. The van der Waals surface area contributed by atoms with Crippen molar-refractivity contribution in [2.45, 2.75) is 50.1 Å². The summed E-state index contributed by atoms with van der Waals surface area (Å²) < 4.78 is 1.11. The number of thioether (sulfide) groups is 1. The summed E-state index contributed by atoms with van der Waals surface area (Å²) in [6, 6.07) is 8.40. The molecule has 5 heteroatoms. The van der Waals surface area contributed by atoms with E-state index in [1.165, 1.54) is 4.90 Å². The van der Waals surface area contributed by atoms with E-state index in [0.717, 1.165) is 23.1 Å². The zero-order chi connectivity index (χ0) is 15.2. The minimum atomic E-state index is -0.622. The summed E-state index contributed by atoms with van der Waals surface area (Å²) in [5.41, 5.74) is 4.90. The smallest absolute Gasteiger partial charge is 0.237 e. The fourth-order valence-corrected chi connectivity index (χ4v) is 3.59. The number of carbonyl (C=O) groups is 1. The normalized spacial score (nSPS) is 14.2. The zero-order valence-corrected chi connectivity index (χ0v) is 14.7. The van der Waals surface area contributed by atoms with Gasteiger partial charge in [0.05, 0.1) is 5.54 Å². The number of amides is 1. The Labute approximate surface area is 134 Å². The summed E-state index contributed by atoms with van der Waals surface area (Å²) in [6.45, 7) is 5.94. The number of rotatable bonds is 8.